The zero-order valence-corrected chi connectivity index (χ0v) is 84.2. The van der Waals surface area contributed by atoms with Crippen molar-refractivity contribution in [2.75, 3.05) is 0 Å². The zero-order valence-electron chi connectivity index (χ0n) is 84.2. The topological polar surface area (TPSA) is 19.4 Å². The van der Waals surface area contributed by atoms with Gasteiger partial charge in [-0.3, -0.25) is 0 Å². The summed E-state index contributed by atoms with van der Waals surface area (Å²) in [5, 5.41) is 0. The van der Waals surface area contributed by atoms with Gasteiger partial charge in [-0.05, 0) is 315 Å². The lowest BCUT2D eigenvalue weighted by atomic mass is 9.54. The van der Waals surface area contributed by atoms with Gasteiger partial charge in [0.05, 0.1) is 33.4 Å². The van der Waals surface area contributed by atoms with Gasteiger partial charge < -0.3 is 0 Å². The Kier molecular flexibility index (Phi) is 19.9. The van der Waals surface area contributed by atoms with Crippen molar-refractivity contribution in [1.29, 1.82) is 0 Å². The summed E-state index contributed by atoms with van der Waals surface area (Å²) in [6.45, 7) is 28.9. The van der Waals surface area contributed by atoms with Gasteiger partial charge in [-0.15, -0.1) is 0 Å². The van der Waals surface area contributed by atoms with Crippen molar-refractivity contribution in [1.82, 2.24) is 0 Å². The van der Waals surface area contributed by atoms with Gasteiger partial charge in [0.25, 0.3) is 0 Å². The number of aromatic nitrogens is 5. The molecule has 13 aliphatic carbocycles. The van der Waals surface area contributed by atoms with Crippen LogP contribution in [0, 0.1) is 58.3 Å². The third-order valence-electron chi connectivity index (χ3n) is 38.3. The molecule has 3 saturated carbocycles. The van der Waals surface area contributed by atoms with Crippen LogP contribution in [0.5, 0.6) is 0 Å². The van der Waals surface area contributed by atoms with E-state index in [0.29, 0.717) is 23.7 Å². The van der Waals surface area contributed by atoms with E-state index < -0.39 is 0 Å². The molecule has 0 saturated heterocycles. The van der Waals surface area contributed by atoms with Gasteiger partial charge in [0, 0.05) is 85.1 Å². The molecule has 0 aliphatic heterocycles. The van der Waals surface area contributed by atoms with E-state index >= 15 is 0 Å². The highest BCUT2D eigenvalue weighted by Crippen LogP contribution is 2.69. The summed E-state index contributed by atoms with van der Waals surface area (Å²) in [6, 6.07) is 101. The van der Waals surface area contributed by atoms with Gasteiger partial charge in [-0.25, -0.2) is 22.8 Å². The molecule has 16 aromatic rings. The van der Waals surface area contributed by atoms with Gasteiger partial charge in [0.15, 0.2) is 31.0 Å². The normalized spacial score (nSPS) is 23.9. The van der Waals surface area contributed by atoms with E-state index in [1.807, 2.05) is 0 Å². The van der Waals surface area contributed by atoms with E-state index in [1.54, 1.807) is 50.1 Å². The highest BCUT2D eigenvalue weighted by atomic mass is 15.0. The fraction of sp³-hybridized carbons (Fsp3) is 0.316. The van der Waals surface area contributed by atoms with Gasteiger partial charge in [-0.1, -0.05) is 274 Å². The van der Waals surface area contributed by atoms with Crippen molar-refractivity contribution < 1.29 is 22.8 Å². The number of nitrogens with zero attached hydrogens (tertiary/aromatic N) is 5. The minimum absolute atomic E-state index is 0.0123. The second-order valence-corrected chi connectivity index (χ2v) is 45.2. The van der Waals surface area contributed by atoms with E-state index in [9.17, 15) is 0 Å². The molecule has 3 fully saturated rings. The van der Waals surface area contributed by atoms with Crippen LogP contribution in [-0.4, -0.2) is 0 Å². The molecule has 11 aromatic carbocycles. The average molecular weight is 1800 g/mol. The number of fused-ring (bicyclic) bond motifs is 38. The first-order chi connectivity index (χ1) is 66.8. The molecule has 11 unspecified atom stereocenters. The lowest BCUT2D eigenvalue weighted by molar-refractivity contribution is -0.661. The minimum Gasteiger partial charge on any atom is -0.201 e. The summed E-state index contributed by atoms with van der Waals surface area (Å²) in [6.07, 6.45) is 28.5. The molecule has 5 nitrogen and oxygen atoms in total. The minimum atomic E-state index is -0.149. The molecule has 13 aliphatic rings. The molecule has 4 bridgehead atoms. The van der Waals surface area contributed by atoms with Crippen LogP contribution in [0.2, 0.25) is 0 Å². The lowest BCUT2D eigenvalue weighted by Crippen LogP contribution is -2.49. The summed E-state index contributed by atoms with van der Waals surface area (Å²) in [5.41, 5.74) is 61.4. The fourth-order valence-electron chi connectivity index (χ4n) is 31.7. The Hall–Kier alpha value is -12.8. The van der Waals surface area contributed by atoms with E-state index in [1.165, 1.54) is 268 Å². The van der Waals surface area contributed by atoms with Crippen molar-refractivity contribution in [3.05, 3.63) is 409 Å². The molecule has 0 amide bonds. The Labute approximate surface area is 819 Å². The highest BCUT2D eigenvalue weighted by Gasteiger charge is 2.60. The molecule has 0 spiro atoms. The van der Waals surface area contributed by atoms with Crippen LogP contribution in [0.1, 0.15) is 249 Å². The van der Waals surface area contributed by atoms with Crippen LogP contribution in [0.25, 0.3) is 123 Å². The third kappa shape index (κ3) is 11.8. The predicted octanol–water partition coefficient (Wildman–Crippen LogP) is 29.1. The molecule has 684 valence electrons. The van der Waals surface area contributed by atoms with E-state index in [2.05, 4.69) is 439 Å². The number of aryl methyl sites for hydroxylation is 10. The number of benzene rings is 11. The van der Waals surface area contributed by atoms with Crippen molar-refractivity contribution in [3.63, 3.8) is 0 Å². The van der Waals surface area contributed by atoms with Gasteiger partial charge >= 0.3 is 0 Å². The molecular weight excluding hydrogens is 1670 g/mol. The van der Waals surface area contributed by atoms with Crippen molar-refractivity contribution in [3.8, 4) is 123 Å². The van der Waals surface area contributed by atoms with E-state index in [-0.39, 0.29) is 32.5 Å². The maximum Gasteiger partial charge on any atom is 0.220 e. The molecule has 138 heavy (non-hydrogen) atoms. The second kappa shape index (κ2) is 31.6. The maximum atomic E-state index is 2.58. The van der Waals surface area contributed by atoms with Crippen LogP contribution in [-0.2, 0) is 74.1 Å². The first kappa shape index (κ1) is 86.7. The Bertz CT molecular complexity index is 7860. The first-order valence-electron chi connectivity index (χ1n) is 52.1. The van der Waals surface area contributed by atoms with Crippen LogP contribution in [0.4, 0.5) is 0 Å². The average Bonchev–Trinajstić information content (AvgIpc) is 1.48. The summed E-state index contributed by atoms with van der Waals surface area (Å²) < 4.78 is 11.8. The summed E-state index contributed by atoms with van der Waals surface area (Å²) in [7, 11) is 11.1. The highest BCUT2D eigenvalue weighted by molar-refractivity contribution is 5.98. The Morgan fingerprint density at radius 2 is 0.674 bits per heavy atom. The summed E-state index contributed by atoms with van der Waals surface area (Å²) >= 11 is 0. The maximum absolute atomic E-state index is 2.58. The molecule has 0 N–H and O–H groups in total. The predicted molar refractivity (Wildman–Crippen MR) is 565 cm³/mol. The molecule has 29 rings (SSSR count). The van der Waals surface area contributed by atoms with Gasteiger partial charge in [0.1, 0.15) is 35.2 Å². The van der Waals surface area contributed by atoms with E-state index in [0.717, 1.165) is 11.8 Å². The molecule has 5 heterocycles. The van der Waals surface area contributed by atoms with Crippen LogP contribution in [0.3, 0.4) is 0 Å². The van der Waals surface area contributed by atoms with Crippen molar-refractivity contribution in [2.24, 2.45) is 58.9 Å². The molecule has 0 radical (unpaired) electrons. The van der Waals surface area contributed by atoms with Gasteiger partial charge in [0.2, 0.25) is 28.5 Å². The monoisotopic (exact) mass is 1800 g/mol. The zero-order chi connectivity index (χ0) is 94.4. The van der Waals surface area contributed by atoms with Crippen molar-refractivity contribution >= 4 is 0 Å². The quantitative estimate of drug-likeness (QED) is 0.135. The standard InChI is InChI=1S/C28H30N.2C27H28N.C27H22N.C24H24N/c1-18-14-15-22-21-11-5-7-13-24(21)28(2)23-12-6-4-9-19(23)17-20-10-8-16-29(3)27(20)25(18)26(22)28;1-17-14-15-20-18-9-4-6-12-22(18)27(2)23-13-7-5-10-19(23)21-11-8-16-28(3)26(21)24(17)25(20)27;2*1-17-13-14-22-21-10-4-5-12-23(21)27(2)19-9-6-8-18(16-19)20-11-7-15-28(3)26(20)24(17)25(22)27;1-15-12-13-17-16-9-6-7-10-18(16)24(4)21(17)20(15)22-19(23(24,2)3)11-8-14-25(22)5/h5,7-8,10-11,13-16,19,23H,4,6,9,12,17H2,1-3H3;4,6,8-9,11-12,14-16,19,23H,5,7,10,13H2,1-3H3;4-5,7,10-15,18-19H,6,8-9,16H2,1-3H3;4-16H,1-3H3;6-14H,1-5H3/q5*+1. The lowest BCUT2D eigenvalue weighted by Gasteiger charge is -2.47. The molecular formula is C133H132N5+5. The molecule has 5 heteroatoms. The van der Waals surface area contributed by atoms with E-state index in [4.69, 9.17) is 0 Å². The van der Waals surface area contributed by atoms with Crippen LogP contribution in [0.15, 0.2) is 298 Å². The number of hydrogen-bond donors (Lipinski definition) is 0. The third-order valence-corrected chi connectivity index (χ3v) is 38.3. The van der Waals surface area contributed by atoms with Crippen LogP contribution < -0.4 is 22.8 Å². The number of rotatable bonds is 0. The number of hydrogen-bond acceptors (Lipinski definition) is 0. The second-order valence-electron chi connectivity index (χ2n) is 45.2. The fourth-order valence-corrected chi connectivity index (χ4v) is 31.7. The van der Waals surface area contributed by atoms with Crippen LogP contribution >= 0.6 is 0 Å². The van der Waals surface area contributed by atoms with Crippen molar-refractivity contribution in [2.45, 2.75) is 211 Å². The summed E-state index contributed by atoms with van der Waals surface area (Å²) in [5.74, 6) is 4.20. The Morgan fingerprint density at radius 3 is 1.26 bits per heavy atom. The first-order valence-corrected chi connectivity index (χ1v) is 52.1. The molecule has 11 atom stereocenters. The van der Waals surface area contributed by atoms with Gasteiger partial charge in [-0.2, -0.15) is 0 Å². The largest absolute Gasteiger partial charge is 0.220 e. The summed E-state index contributed by atoms with van der Waals surface area (Å²) in [4.78, 5) is 0. The molecule has 5 aromatic heterocycles. The Morgan fingerprint density at radius 1 is 0.275 bits per heavy atom. The Balaban J connectivity index is 0.0000000915. The smallest absolute Gasteiger partial charge is 0.201 e. The SMILES string of the molecule is Cc1ccc2c3c1-c1c(ccc[n+]1C)-c1cccc(c1)C3(C)c1ccccc1-2.Cc1ccc2c3c1-c1c(ccc[n+]1C)C(C)(C)C3(C)c1ccccc1-2.Cc1ccc2c3c1-c1c(ccc[n+]1C)C1CCCC(C1)C3(C)c1ccccc1-2.Cc1ccc2c3c1-c1c(ccc[n+]1C)C1CCCCC1C3(C)c1ccccc1-2.Cc1ccc2c3c1-c1c(ccc[n+]1C)CC1CCCCC1C3(C)c1ccccc1-2. The number of pyridine rings is 5.